The van der Waals surface area contributed by atoms with E-state index in [1.807, 2.05) is 20.8 Å². The number of halogens is 7. The van der Waals surface area contributed by atoms with Gasteiger partial charge in [0.25, 0.3) is 12.3 Å². The zero-order chi connectivity index (χ0) is 38.7. The van der Waals surface area contributed by atoms with Gasteiger partial charge in [-0.3, -0.25) is 19.2 Å². The van der Waals surface area contributed by atoms with Crippen molar-refractivity contribution >= 4 is 29.4 Å². The summed E-state index contributed by atoms with van der Waals surface area (Å²) in [7, 11) is 1.68. The second-order valence-corrected chi connectivity index (χ2v) is 14.9. The molecule has 18 heteroatoms. The van der Waals surface area contributed by atoms with Gasteiger partial charge in [-0.15, -0.1) is 0 Å². The van der Waals surface area contributed by atoms with Crippen LogP contribution >= 0.6 is 11.6 Å². The predicted molar refractivity (Wildman–Crippen MR) is 180 cm³/mol. The van der Waals surface area contributed by atoms with Crippen LogP contribution in [0, 0.1) is 16.6 Å². The normalized spacial score (nSPS) is 19.1. The summed E-state index contributed by atoms with van der Waals surface area (Å²) >= 11 is 6.41. The summed E-state index contributed by atoms with van der Waals surface area (Å²) < 4.78 is 92.3. The lowest BCUT2D eigenvalue weighted by molar-refractivity contribution is -0.195. The van der Waals surface area contributed by atoms with E-state index in [4.69, 9.17) is 22.1 Å². The summed E-state index contributed by atoms with van der Waals surface area (Å²) in [5.74, 6) is -3.73. The number of nitrogens with zero attached hydrogens (tertiary/aromatic N) is 7. The van der Waals surface area contributed by atoms with E-state index < -0.39 is 71.6 Å². The van der Waals surface area contributed by atoms with Gasteiger partial charge in [0, 0.05) is 18.8 Å². The Morgan fingerprint density at radius 2 is 1.81 bits per heavy atom. The molecule has 4 aromatic rings. The maximum absolute atomic E-state index is 15.8. The Hall–Kier alpha value is -4.93. The highest BCUT2D eigenvalue weighted by Crippen LogP contribution is 2.60. The Balaban J connectivity index is 1.43. The topological polar surface area (TPSA) is 134 Å². The number of hydrogen-bond acceptors (Lipinski definition) is 8. The Bertz CT molecular complexity index is 2090. The number of aromatic nitrogens is 5. The highest BCUT2D eigenvalue weighted by Gasteiger charge is 2.64. The fourth-order valence-electron chi connectivity index (χ4n) is 6.63. The first kappa shape index (κ1) is 37.8. The average Bonchev–Trinajstić information content (AvgIpc) is 3.37. The number of nitrogens with two attached hydrogens (primary N) is 1. The molecule has 3 heterocycles. The van der Waals surface area contributed by atoms with Crippen LogP contribution in [0.3, 0.4) is 0 Å². The number of hydrogen-bond donors (Lipinski definition) is 1. The molecule has 1 saturated carbocycles. The first-order valence-electron chi connectivity index (χ1n) is 16.4. The Morgan fingerprint density at radius 3 is 2.40 bits per heavy atom. The third kappa shape index (κ3) is 7.22. The number of guanidine groups is 1. The van der Waals surface area contributed by atoms with E-state index in [2.05, 4.69) is 20.2 Å². The lowest BCUT2D eigenvalue weighted by Gasteiger charge is -2.35. The van der Waals surface area contributed by atoms with Gasteiger partial charge in [0.2, 0.25) is 0 Å². The molecule has 6 rings (SSSR count). The summed E-state index contributed by atoms with van der Waals surface area (Å²) in [4.78, 5) is 37.1. The van der Waals surface area contributed by atoms with Crippen molar-refractivity contribution in [2.45, 2.75) is 70.6 Å². The molecule has 1 aliphatic carbocycles. The summed E-state index contributed by atoms with van der Waals surface area (Å²) in [6, 6.07) is 8.46. The van der Waals surface area contributed by atoms with Crippen molar-refractivity contribution in [1.29, 1.82) is 0 Å². The largest absolute Gasteiger partial charge is 0.463 e. The maximum atomic E-state index is 15.8. The first-order chi connectivity index (χ1) is 24.7. The molecular formula is C35H35ClF6N8O3. The van der Waals surface area contributed by atoms with Crippen molar-refractivity contribution in [3.8, 4) is 16.9 Å². The van der Waals surface area contributed by atoms with Crippen molar-refractivity contribution in [2.24, 2.45) is 28.6 Å². The van der Waals surface area contributed by atoms with Crippen LogP contribution in [0.5, 0.6) is 0 Å². The number of carbonyl (C=O) groups excluding carboxylic acids is 2. The highest BCUT2D eigenvalue weighted by atomic mass is 35.5. The SMILES string of the molecule is Cn1ccc(-c2ccc([C@@]3(CC(C)(C)C)N=C(N)N([C@H](COC(=O)CC4(C(F)(F)F)CC4)c4ccc(Cl)c(-n5ncnc5C(F)F)c4)C3=O)cc2F)n1. The maximum Gasteiger partial charge on any atom is 0.395 e. The van der Waals surface area contributed by atoms with Crippen molar-refractivity contribution in [3.05, 3.63) is 82.8 Å². The number of carbonyl (C=O) groups is 2. The van der Waals surface area contributed by atoms with Crippen LogP contribution in [0.25, 0.3) is 16.9 Å². The number of benzene rings is 2. The summed E-state index contributed by atoms with van der Waals surface area (Å²) in [6.45, 7) is 4.81. The molecule has 2 N–H and O–H groups in total. The average molecular weight is 765 g/mol. The van der Waals surface area contributed by atoms with Crippen LogP contribution in [0.2, 0.25) is 5.02 Å². The number of aliphatic imine (C=N–C) groups is 1. The van der Waals surface area contributed by atoms with Crippen molar-refractivity contribution in [1.82, 2.24) is 29.4 Å². The van der Waals surface area contributed by atoms with E-state index >= 15 is 4.39 Å². The van der Waals surface area contributed by atoms with Gasteiger partial charge in [-0.2, -0.15) is 23.4 Å². The Morgan fingerprint density at radius 1 is 1.09 bits per heavy atom. The number of ether oxygens (including phenoxy) is 1. The molecule has 2 aliphatic rings. The Kier molecular flexibility index (Phi) is 9.62. The van der Waals surface area contributed by atoms with Crippen LogP contribution in [0.1, 0.15) is 75.9 Å². The molecule has 0 spiro atoms. The van der Waals surface area contributed by atoms with Gasteiger partial charge in [-0.1, -0.05) is 44.5 Å². The lowest BCUT2D eigenvalue weighted by Crippen LogP contribution is -2.47. The van der Waals surface area contributed by atoms with E-state index in [1.54, 1.807) is 19.3 Å². The molecule has 282 valence electrons. The molecule has 1 aliphatic heterocycles. The first-order valence-corrected chi connectivity index (χ1v) is 16.8. The number of alkyl halides is 5. The molecule has 0 radical (unpaired) electrons. The number of aryl methyl sites for hydroxylation is 1. The monoisotopic (exact) mass is 764 g/mol. The van der Waals surface area contributed by atoms with Gasteiger partial charge < -0.3 is 10.5 Å². The van der Waals surface area contributed by atoms with E-state index in [1.165, 1.54) is 41.1 Å². The van der Waals surface area contributed by atoms with E-state index in [0.29, 0.717) is 5.69 Å². The van der Waals surface area contributed by atoms with Gasteiger partial charge in [0.15, 0.2) is 17.3 Å². The second-order valence-electron chi connectivity index (χ2n) is 14.5. The summed E-state index contributed by atoms with van der Waals surface area (Å²) in [5, 5.41) is 8.07. The predicted octanol–water partition coefficient (Wildman–Crippen LogP) is 7.20. The van der Waals surface area contributed by atoms with Crippen LogP contribution in [0.4, 0.5) is 26.3 Å². The van der Waals surface area contributed by atoms with Crippen molar-refractivity contribution in [2.75, 3.05) is 6.61 Å². The molecule has 0 bridgehead atoms. The quantitative estimate of drug-likeness (QED) is 0.126. The molecule has 0 unspecified atom stereocenters. The molecule has 1 amide bonds. The van der Waals surface area contributed by atoms with Gasteiger partial charge in [-0.25, -0.2) is 27.8 Å². The fraction of sp³-hybridized carbons (Fsp3) is 0.429. The molecule has 2 aromatic heterocycles. The van der Waals surface area contributed by atoms with Crippen LogP contribution in [0.15, 0.2) is 60.0 Å². The van der Waals surface area contributed by atoms with E-state index in [0.717, 1.165) is 15.9 Å². The number of amides is 1. The minimum atomic E-state index is -4.63. The fourth-order valence-corrected chi connectivity index (χ4v) is 6.83. The van der Waals surface area contributed by atoms with E-state index in [-0.39, 0.29) is 52.6 Å². The van der Waals surface area contributed by atoms with Crippen LogP contribution < -0.4 is 5.73 Å². The zero-order valence-electron chi connectivity index (χ0n) is 29.0. The molecule has 2 aromatic carbocycles. The van der Waals surface area contributed by atoms with Crippen molar-refractivity contribution < 1.29 is 40.7 Å². The van der Waals surface area contributed by atoms with Crippen molar-refractivity contribution in [3.63, 3.8) is 0 Å². The number of esters is 1. The second kappa shape index (κ2) is 13.5. The van der Waals surface area contributed by atoms with Gasteiger partial charge in [0.05, 0.1) is 34.3 Å². The van der Waals surface area contributed by atoms with Gasteiger partial charge in [-0.05, 0) is 66.1 Å². The smallest absolute Gasteiger partial charge is 0.395 e. The van der Waals surface area contributed by atoms with E-state index in [9.17, 15) is 31.5 Å². The van der Waals surface area contributed by atoms with Crippen LogP contribution in [-0.4, -0.2) is 60.1 Å². The van der Waals surface area contributed by atoms with Gasteiger partial charge >= 0.3 is 12.1 Å². The zero-order valence-corrected chi connectivity index (χ0v) is 29.7. The number of rotatable bonds is 11. The molecule has 2 atom stereocenters. The minimum absolute atomic E-state index is 0.0155. The summed E-state index contributed by atoms with van der Waals surface area (Å²) in [6.07, 6.45) is -6.56. The highest BCUT2D eigenvalue weighted by molar-refractivity contribution is 6.32. The molecule has 11 nitrogen and oxygen atoms in total. The third-order valence-electron chi connectivity index (χ3n) is 9.35. The lowest BCUT2D eigenvalue weighted by atomic mass is 9.75. The molecule has 53 heavy (non-hydrogen) atoms. The van der Waals surface area contributed by atoms with Gasteiger partial charge in [0.1, 0.15) is 18.8 Å². The summed E-state index contributed by atoms with van der Waals surface area (Å²) in [5.41, 5.74) is 2.59. The standard InChI is InChI=1S/C35H35ClF6N8O3/c1-32(2,3)17-34(20-6-7-21(23(37)14-20)24-9-12-48(4)47-24)30(52)49(31(43)46-34)26(16-53-27(51)15-33(10-11-33)35(40,41)42)19-5-8-22(36)25(13-19)50-29(28(38)39)44-18-45-50/h5-9,12-14,18,26,28H,10-11,15-17H2,1-4H3,(H2,43,46)/t26-,34-/m1/s1. The minimum Gasteiger partial charge on any atom is -0.463 e. The molecule has 1 fully saturated rings. The molecule has 0 saturated heterocycles. The van der Waals surface area contributed by atoms with Crippen LogP contribution in [-0.2, 0) is 26.9 Å². The Labute approximate surface area is 304 Å². The molecular weight excluding hydrogens is 730 g/mol. The third-order valence-corrected chi connectivity index (χ3v) is 9.67.